The van der Waals surface area contributed by atoms with E-state index < -0.39 is 18.2 Å². The number of hydrogen-bond acceptors (Lipinski definition) is 8. The number of aryl methyl sites for hydroxylation is 4. The second-order valence-electron chi connectivity index (χ2n) is 23.4. The second kappa shape index (κ2) is 33.0. The van der Waals surface area contributed by atoms with Crippen LogP contribution in [0.4, 0.5) is 0 Å². The Morgan fingerprint density at radius 3 is 1.18 bits per heavy atom. The fourth-order valence-corrected chi connectivity index (χ4v) is 13.6. The number of fused-ring (bicyclic) bond motifs is 4. The van der Waals surface area contributed by atoms with Crippen LogP contribution in [-0.2, 0) is 31.9 Å². The molecule has 0 bridgehead atoms. The van der Waals surface area contributed by atoms with Crippen molar-refractivity contribution in [3.05, 3.63) is 105 Å². The van der Waals surface area contributed by atoms with Crippen LogP contribution in [0, 0.1) is 27.7 Å². The van der Waals surface area contributed by atoms with Crippen molar-refractivity contribution >= 4 is 18.2 Å². The van der Waals surface area contributed by atoms with E-state index in [2.05, 4.69) is 93.5 Å². The van der Waals surface area contributed by atoms with Crippen molar-refractivity contribution in [1.82, 2.24) is 0 Å². The first kappa shape index (κ1) is 66.5. The highest BCUT2D eigenvalue weighted by molar-refractivity contribution is 7.79. The molecule has 8 nitrogen and oxygen atoms in total. The zero-order valence-electron chi connectivity index (χ0n) is 50.4. The van der Waals surface area contributed by atoms with E-state index in [4.69, 9.17) is 24.1 Å². The maximum Gasteiger partial charge on any atom is 0.161 e. The quantitative estimate of drug-likeness (QED) is 0.0357. The molecule has 0 heterocycles. The average Bonchev–Trinajstić information content (AvgIpc) is 3.72. The molecule has 0 radical (unpaired) electrons. The van der Waals surface area contributed by atoms with Crippen LogP contribution in [0.15, 0.2) is 65.6 Å². The molecule has 0 fully saturated rings. The van der Waals surface area contributed by atoms with Gasteiger partial charge in [0.1, 0.15) is 5.75 Å². The van der Waals surface area contributed by atoms with Gasteiger partial charge in [0, 0.05) is 22.6 Å². The number of ether oxygens (including phenoxy) is 4. The molecule has 10 heteroatoms. The molecule has 1 spiro atoms. The third kappa shape index (κ3) is 20.8. The molecule has 0 saturated heterocycles. The van der Waals surface area contributed by atoms with Crippen molar-refractivity contribution in [1.29, 1.82) is 0 Å². The number of hydrogen-bond donors (Lipinski definition) is 1. The van der Waals surface area contributed by atoms with Gasteiger partial charge in [-0.15, -0.1) is 0 Å². The number of benzene rings is 4. The molecule has 4 aromatic carbocycles. The highest BCUT2D eigenvalue weighted by atomic mass is 32.2. The maximum atomic E-state index is 12.4. The Bertz CT molecular complexity index is 2300. The third-order valence-corrected chi connectivity index (χ3v) is 17.8. The maximum absolute atomic E-state index is 12.4. The van der Waals surface area contributed by atoms with E-state index in [0.29, 0.717) is 37.1 Å². The fraction of sp³-hybridized carbons (Fsp3) is 0.636. The summed E-state index contributed by atoms with van der Waals surface area (Å²) in [4.78, 5) is 0.363. The zero-order chi connectivity index (χ0) is 56.5. The molecule has 1 unspecified atom stereocenters. The molecular formula is C66H104O8PS-. The van der Waals surface area contributed by atoms with Crippen molar-refractivity contribution in [3.8, 4) is 28.7 Å². The minimum atomic E-state index is -2.10. The van der Waals surface area contributed by atoms with Crippen molar-refractivity contribution in [3.63, 3.8) is 0 Å². The lowest BCUT2D eigenvalue weighted by atomic mass is 9.72. The molecule has 2 aliphatic carbocycles. The topological polar surface area (TPSA) is 114 Å². The van der Waals surface area contributed by atoms with Crippen LogP contribution in [0.5, 0.6) is 28.7 Å². The Balaban J connectivity index is 0.000000321. The number of rotatable bonds is 27. The van der Waals surface area contributed by atoms with Crippen LogP contribution in [-0.4, -0.2) is 59.3 Å². The van der Waals surface area contributed by atoms with Gasteiger partial charge in [0.25, 0.3) is 0 Å². The predicted molar refractivity (Wildman–Crippen MR) is 323 cm³/mol. The number of aromatic hydroxyl groups is 1. The van der Waals surface area contributed by atoms with Crippen LogP contribution in [0.25, 0.3) is 0 Å². The number of phenolic OH excluding ortho intramolecular Hbond substituents is 1. The van der Waals surface area contributed by atoms with Crippen LogP contribution >= 0.6 is 7.14 Å². The predicted octanol–water partition coefficient (Wildman–Crippen LogP) is 18.7. The normalized spacial score (nSPS) is 14.7. The molecule has 1 N–H and O–H groups in total. The van der Waals surface area contributed by atoms with Gasteiger partial charge >= 0.3 is 0 Å². The molecular weight excluding hydrogens is 984 g/mol. The van der Waals surface area contributed by atoms with Crippen LogP contribution < -0.4 is 18.9 Å². The molecule has 2 aliphatic rings. The lowest BCUT2D eigenvalue weighted by Crippen LogP contribution is -2.27. The monoisotopic (exact) mass is 1090 g/mol. The molecule has 6 rings (SSSR count). The minimum Gasteiger partial charge on any atom is -0.768 e. The third-order valence-electron chi connectivity index (χ3n) is 14.7. The molecule has 0 amide bonds. The molecule has 0 aromatic heterocycles. The lowest BCUT2D eigenvalue weighted by Gasteiger charge is -2.31. The Kier molecular flexibility index (Phi) is 28.8. The smallest absolute Gasteiger partial charge is 0.161 e. The second-order valence-corrected chi connectivity index (χ2v) is 27.8. The largest absolute Gasteiger partial charge is 0.768 e. The van der Waals surface area contributed by atoms with E-state index in [0.717, 1.165) is 90.5 Å². The first-order valence-electron chi connectivity index (χ1n) is 29.4. The fourth-order valence-electron chi connectivity index (χ4n) is 11.0. The molecule has 428 valence electrons. The summed E-state index contributed by atoms with van der Waals surface area (Å²) in [7, 11) is -1.80. The minimum absolute atomic E-state index is 0.0163. The van der Waals surface area contributed by atoms with Crippen molar-refractivity contribution in [2.75, 3.05) is 45.4 Å². The summed E-state index contributed by atoms with van der Waals surface area (Å²) in [6.45, 7) is 35.1. The molecule has 76 heavy (non-hydrogen) atoms. The molecule has 0 saturated carbocycles. The van der Waals surface area contributed by atoms with Crippen LogP contribution in [0.1, 0.15) is 229 Å². The number of phenols is 1. The van der Waals surface area contributed by atoms with E-state index >= 15 is 0 Å². The van der Waals surface area contributed by atoms with Crippen molar-refractivity contribution in [2.45, 2.75) is 234 Å². The van der Waals surface area contributed by atoms with Gasteiger partial charge in [-0.2, -0.15) is 0 Å². The first-order chi connectivity index (χ1) is 36.0. The van der Waals surface area contributed by atoms with Gasteiger partial charge in [0.2, 0.25) is 0 Å². The van der Waals surface area contributed by atoms with Crippen molar-refractivity contribution < 1.29 is 37.4 Å². The molecule has 4 aromatic rings. The van der Waals surface area contributed by atoms with Gasteiger partial charge < -0.3 is 33.2 Å². The highest BCUT2D eigenvalue weighted by Gasteiger charge is 2.57. The summed E-state index contributed by atoms with van der Waals surface area (Å²) in [5.74, 6) is 3.89. The summed E-state index contributed by atoms with van der Waals surface area (Å²) < 4.78 is 58.4. The summed E-state index contributed by atoms with van der Waals surface area (Å²) in [5.41, 5.74) is 9.56. The van der Waals surface area contributed by atoms with Gasteiger partial charge in [0.15, 0.2) is 23.0 Å². The zero-order valence-corrected chi connectivity index (χ0v) is 52.1. The Hall–Kier alpha value is -3.78. The van der Waals surface area contributed by atoms with Gasteiger partial charge in [-0.25, -0.2) is 0 Å². The Morgan fingerprint density at radius 1 is 0.500 bits per heavy atom. The summed E-state index contributed by atoms with van der Waals surface area (Å²) in [6.07, 6.45) is 23.7. The molecule has 1 atom stereocenters. The van der Waals surface area contributed by atoms with Gasteiger partial charge in [-0.05, 0) is 189 Å². The summed E-state index contributed by atoms with van der Waals surface area (Å²) in [6, 6.07) is 20.0. The van der Waals surface area contributed by atoms with Gasteiger partial charge in [-0.1, -0.05) is 157 Å². The van der Waals surface area contributed by atoms with E-state index in [1.165, 1.54) is 105 Å². The van der Waals surface area contributed by atoms with Crippen LogP contribution in [0.3, 0.4) is 0 Å². The first-order valence-corrected chi connectivity index (χ1v) is 33.0. The average molecular weight is 1090 g/mol. The summed E-state index contributed by atoms with van der Waals surface area (Å²) >= 11 is -2.10. The van der Waals surface area contributed by atoms with Gasteiger partial charge in [-0.3, -0.25) is 4.21 Å². The van der Waals surface area contributed by atoms with E-state index in [1.54, 1.807) is 18.2 Å². The van der Waals surface area contributed by atoms with E-state index in [-0.39, 0.29) is 16.2 Å². The Labute approximate surface area is 466 Å². The lowest BCUT2D eigenvalue weighted by molar-refractivity contribution is 0.267. The SMILES string of the molecule is CCCCCCCCP(C)(=O)CCCCCCCC.CCCOc1cc2c(cc1OCCC)C1(CC2(C)C)CC(C)(C)c2cc(OCCC)c(OCCC)cc21.Cc1cc(C)cc(S(=O)[O-])c1.Cc1ccc(O)c(C)c1. The van der Waals surface area contributed by atoms with Crippen molar-refractivity contribution in [2.24, 2.45) is 0 Å². The van der Waals surface area contributed by atoms with Crippen LogP contribution in [0.2, 0.25) is 0 Å². The molecule has 0 aliphatic heterocycles. The Morgan fingerprint density at radius 2 is 0.855 bits per heavy atom. The highest BCUT2D eigenvalue weighted by Crippen LogP contribution is 2.65. The van der Waals surface area contributed by atoms with E-state index in [1.807, 2.05) is 52.6 Å². The van der Waals surface area contributed by atoms with Gasteiger partial charge in [0.05, 0.1) is 33.6 Å². The standard InChI is InChI=1S/C33H48O4.C17H37OP.C8H10O2S.C8H10O/c1-9-13-34-27-17-23-25(19-29(27)36-15-11-3)33(21-31(23,5)6)22-32(7,8)24-18-28(35-14-10-2)30(20-26(24)33)37-16-12-4;1-4-6-8-10-12-14-16-19(3,18)17-15-13-11-9-7-5-2;1-6-3-7(2)5-8(4-6)11(9)10;1-6-3-4-8(9)7(2)5-6/h17-20H,9-16,21-22H2,1-8H3;4-17H2,1-3H3;3-5H,1-2H3,(H,9,10);3-5,9H,1-2H3/p-1. The summed E-state index contributed by atoms with van der Waals surface area (Å²) in [5, 5.41) is 9.04. The number of unbranched alkanes of at least 4 members (excludes halogenated alkanes) is 10. The van der Waals surface area contributed by atoms with E-state index in [9.17, 15) is 13.3 Å².